The highest BCUT2D eigenvalue weighted by atomic mass is 16.5. The van der Waals surface area contributed by atoms with Crippen LogP contribution in [0.25, 0.3) is 0 Å². The minimum atomic E-state index is 0.321. The normalized spacial score (nSPS) is 19.7. The van der Waals surface area contributed by atoms with Crippen molar-refractivity contribution in [3.05, 3.63) is 35.9 Å². The Bertz CT molecular complexity index is 370. The summed E-state index contributed by atoms with van der Waals surface area (Å²) in [4.78, 5) is 0. The van der Waals surface area contributed by atoms with Crippen molar-refractivity contribution < 1.29 is 4.74 Å². The van der Waals surface area contributed by atoms with Crippen molar-refractivity contribution >= 4 is 0 Å². The van der Waals surface area contributed by atoms with Gasteiger partial charge in [0.05, 0.1) is 0 Å². The topological polar surface area (TPSA) is 21.3 Å². The second-order valence-corrected chi connectivity index (χ2v) is 6.06. The Balaban J connectivity index is 2.21. The molecule has 1 N–H and O–H groups in total. The maximum Gasteiger partial charge on any atom is 0.0462 e. The molecule has 0 spiro atoms. The number of rotatable bonds is 7. The van der Waals surface area contributed by atoms with E-state index >= 15 is 0 Å². The van der Waals surface area contributed by atoms with E-state index in [1.54, 1.807) is 7.11 Å². The molecule has 1 fully saturated rings. The van der Waals surface area contributed by atoms with Gasteiger partial charge >= 0.3 is 0 Å². The predicted molar refractivity (Wildman–Crippen MR) is 85.2 cm³/mol. The lowest BCUT2D eigenvalue weighted by atomic mass is 9.64. The number of hydrogen-bond acceptors (Lipinski definition) is 2. The van der Waals surface area contributed by atoms with E-state index in [1.807, 2.05) is 0 Å². The minimum Gasteiger partial charge on any atom is -0.385 e. The van der Waals surface area contributed by atoms with E-state index in [2.05, 4.69) is 42.7 Å². The molecule has 0 radical (unpaired) electrons. The zero-order chi connectivity index (χ0) is 14.3. The Hall–Kier alpha value is -0.860. The fraction of sp³-hybridized carbons (Fsp3) is 0.667. The summed E-state index contributed by atoms with van der Waals surface area (Å²) < 4.78 is 5.23. The second-order valence-electron chi connectivity index (χ2n) is 6.06. The van der Waals surface area contributed by atoms with Crippen LogP contribution in [0, 0.1) is 0 Å². The van der Waals surface area contributed by atoms with Crippen LogP contribution in [-0.2, 0) is 10.2 Å². The van der Waals surface area contributed by atoms with Crippen molar-refractivity contribution in [2.75, 3.05) is 20.8 Å². The zero-order valence-electron chi connectivity index (χ0n) is 13.0. The van der Waals surface area contributed by atoms with E-state index in [9.17, 15) is 0 Å². The molecule has 1 unspecified atom stereocenters. The molecule has 2 nitrogen and oxygen atoms in total. The summed E-state index contributed by atoms with van der Waals surface area (Å²) in [6, 6.07) is 11.7. The Labute approximate surface area is 123 Å². The molecule has 20 heavy (non-hydrogen) atoms. The van der Waals surface area contributed by atoms with Gasteiger partial charge in [-0.2, -0.15) is 0 Å². The van der Waals surface area contributed by atoms with Gasteiger partial charge in [-0.15, -0.1) is 0 Å². The molecule has 0 saturated heterocycles. The summed E-state index contributed by atoms with van der Waals surface area (Å²) in [5.74, 6) is 0. The van der Waals surface area contributed by atoms with Gasteiger partial charge in [-0.1, -0.05) is 49.6 Å². The molecule has 1 aromatic rings. The van der Waals surface area contributed by atoms with Gasteiger partial charge in [-0.3, -0.25) is 0 Å². The van der Waals surface area contributed by atoms with Crippen molar-refractivity contribution in [3.63, 3.8) is 0 Å². The molecule has 0 bridgehead atoms. The van der Waals surface area contributed by atoms with Crippen molar-refractivity contribution in [2.45, 2.75) is 56.4 Å². The van der Waals surface area contributed by atoms with Crippen LogP contribution >= 0.6 is 0 Å². The number of benzene rings is 1. The van der Waals surface area contributed by atoms with E-state index in [0.29, 0.717) is 11.5 Å². The van der Waals surface area contributed by atoms with Crippen LogP contribution in [-0.4, -0.2) is 26.8 Å². The molecule has 1 aliphatic rings. The van der Waals surface area contributed by atoms with Crippen molar-refractivity contribution in [1.29, 1.82) is 0 Å². The average Bonchev–Trinajstić information content (AvgIpc) is 2.53. The number of hydrogen-bond donors (Lipinski definition) is 1. The number of nitrogens with one attached hydrogen (secondary N) is 1. The molecule has 1 aromatic carbocycles. The Morgan fingerprint density at radius 2 is 1.85 bits per heavy atom. The molecule has 0 aromatic heterocycles. The summed E-state index contributed by atoms with van der Waals surface area (Å²) in [6.07, 6.45) is 9.07. The van der Waals surface area contributed by atoms with Crippen molar-refractivity contribution in [3.8, 4) is 0 Å². The molecular weight excluding hydrogens is 246 g/mol. The molecule has 0 aliphatic heterocycles. The summed E-state index contributed by atoms with van der Waals surface area (Å²) in [5, 5.41) is 3.61. The largest absolute Gasteiger partial charge is 0.385 e. The molecule has 1 aliphatic carbocycles. The van der Waals surface area contributed by atoms with Crippen LogP contribution in [0.5, 0.6) is 0 Å². The quantitative estimate of drug-likeness (QED) is 0.762. The first-order chi connectivity index (χ1) is 9.83. The number of ether oxygens (including phenoxy) is 1. The van der Waals surface area contributed by atoms with E-state index in [-0.39, 0.29) is 0 Å². The SMILES string of the molecule is CNC(CCCOC)C1(c2ccccc2)CCCCC1. The van der Waals surface area contributed by atoms with Crippen LogP contribution < -0.4 is 5.32 Å². The van der Waals surface area contributed by atoms with Crippen LogP contribution in [0.4, 0.5) is 0 Å². The van der Waals surface area contributed by atoms with Gasteiger partial charge in [-0.05, 0) is 38.3 Å². The molecule has 1 saturated carbocycles. The lowest BCUT2D eigenvalue weighted by Gasteiger charge is -2.44. The molecule has 0 heterocycles. The first-order valence-corrected chi connectivity index (χ1v) is 8.05. The fourth-order valence-corrected chi connectivity index (χ4v) is 3.92. The lowest BCUT2D eigenvalue weighted by Crippen LogP contribution is -2.48. The maximum atomic E-state index is 5.23. The highest BCUT2D eigenvalue weighted by molar-refractivity contribution is 5.28. The summed E-state index contributed by atoms with van der Waals surface area (Å²) >= 11 is 0. The van der Waals surface area contributed by atoms with Crippen LogP contribution in [0.3, 0.4) is 0 Å². The van der Waals surface area contributed by atoms with Crippen molar-refractivity contribution in [1.82, 2.24) is 5.32 Å². The Morgan fingerprint density at radius 1 is 1.15 bits per heavy atom. The van der Waals surface area contributed by atoms with Gasteiger partial charge in [0, 0.05) is 25.2 Å². The van der Waals surface area contributed by atoms with Crippen LogP contribution in [0.15, 0.2) is 30.3 Å². The smallest absolute Gasteiger partial charge is 0.0462 e. The Morgan fingerprint density at radius 3 is 2.45 bits per heavy atom. The van der Waals surface area contributed by atoms with E-state index in [0.717, 1.165) is 13.0 Å². The lowest BCUT2D eigenvalue weighted by molar-refractivity contribution is 0.166. The van der Waals surface area contributed by atoms with Gasteiger partial charge in [0.25, 0.3) is 0 Å². The van der Waals surface area contributed by atoms with E-state index < -0.39 is 0 Å². The number of methoxy groups -OCH3 is 1. The van der Waals surface area contributed by atoms with Gasteiger partial charge in [0.2, 0.25) is 0 Å². The molecule has 0 amide bonds. The van der Waals surface area contributed by atoms with Crippen molar-refractivity contribution in [2.24, 2.45) is 0 Å². The van der Waals surface area contributed by atoms with Crippen LogP contribution in [0.1, 0.15) is 50.5 Å². The average molecular weight is 275 g/mol. The maximum absolute atomic E-state index is 5.23. The first-order valence-electron chi connectivity index (χ1n) is 8.05. The first kappa shape index (κ1) is 15.5. The highest BCUT2D eigenvalue weighted by Gasteiger charge is 2.40. The molecule has 2 heteroatoms. The summed E-state index contributed by atoms with van der Waals surface area (Å²) in [6.45, 7) is 0.864. The van der Waals surface area contributed by atoms with Gasteiger partial charge < -0.3 is 10.1 Å². The molecule has 112 valence electrons. The Kier molecular flexibility index (Phi) is 6.06. The number of likely N-dealkylation sites (N-methyl/N-ethyl adjacent to an activating group) is 1. The van der Waals surface area contributed by atoms with Gasteiger partial charge in [-0.25, -0.2) is 0 Å². The third kappa shape index (κ3) is 3.42. The van der Waals surface area contributed by atoms with E-state index in [1.165, 1.54) is 44.1 Å². The highest BCUT2D eigenvalue weighted by Crippen LogP contribution is 2.43. The fourth-order valence-electron chi connectivity index (χ4n) is 3.92. The molecular formula is C18H29NO. The van der Waals surface area contributed by atoms with Gasteiger partial charge in [0.1, 0.15) is 0 Å². The molecule has 1 atom stereocenters. The predicted octanol–water partition coefficient (Wildman–Crippen LogP) is 3.90. The third-order valence-corrected chi connectivity index (χ3v) is 4.95. The van der Waals surface area contributed by atoms with E-state index in [4.69, 9.17) is 4.74 Å². The standard InChI is InChI=1S/C18H29NO/c1-19-17(12-9-15-20-2)18(13-7-4-8-14-18)16-10-5-3-6-11-16/h3,5-6,10-11,17,19H,4,7-9,12-15H2,1-2H3. The van der Waals surface area contributed by atoms with Crippen LogP contribution in [0.2, 0.25) is 0 Å². The minimum absolute atomic E-state index is 0.321. The summed E-state index contributed by atoms with van der Waals surface area (Å²) in [7, 11) is 3.92. The summed E-state index contributed by atoms with van der Waals surface area (Å²) in [5.41, 5.74) is 1.85. The zero-order valence-corrected chi connectivity index (χ0v) is 13.0. The molecule has 2 rings (SSSR count). The second kappa shape index (κ2) is 7.80. The van der Waals surface area contributed by atoms with Gasteiger partial charge in [0.15, 0.2) is 0 Å². The third-order valence-electron chi connectivity index (χ3n) is 4.95. The monoisotopic (exact) mass is 275 g/mol.